The van der Waals surface area contributed by atoms with E-state index in [9.17, 15) is 9.18 Å². The average molecular weight is 365 g/mol. The van der Waals surface area contributed by atoms with Gasteiger partial charge in [0.25, 0.3) is 0 Å². The smallest absolute Gasteiger partial charge is 0.317 e. The fourth-order valence-electron chi connectivity index (χ4n) is 3.62. The molecule has 26 heavy (non-hydrogen) atoms. The Balaban J connectivity index is 1.50. The van der Waals surface area contributed by atoms with E-state index in [0.29, 0.717) is 30.3 Å². The molecule has 0 spiro atoms. The van der Waals surface area contributed by atoms with Crippen LogP contribution in [0.4, 0.5) is 9.18 Å². The lowest BCUT2D eigenvalue weighted by Gasteiger charge is -2.36. The second-order valence-electron chi connectivity index (χ2n) is 7.07. The van der Waals surface area contributed by atoms with E-state index >= 15 is 0 Å². The molecule has 1 N–H and O–H groups in total. The van der Waals surface area contributed by atoms with Crippen molar-refractivity contribution in [1.29, 1.82) is 0 Å². The second kappa shape index (κ2) is 8.68. The van der Waals surface area contributed by atoms with Crippen molar-refractivity contribution in [1.82, 2.24) is 15.1 Å². The number of benzene rings is 1. The maximum absolute atomic E-state index is 13.6. The number of piperazine rings is 1. The molecule has 6 nitrogen and oxygen atoms in total. The average Bonchev–Trinajstić information content (AvgIpc) is 3.15. The van der Waals surface area contributed by atoms with Gasteiger partial charge >= 0.3 is 6.03 Å². The van der Waals surface area contributed by atoms with Crippen LogP contribution in [-0.4, -0.2) is 68.9 Å². The lowest BCUT2D eigenvalue weighted by molar-refractivity contribution is 0.118. The van der Waals surface area contributed by atoms with Gasteiger partial charge in [-0.1, -0.05) is 0 Å². The second-order valence-corrected chi connectivity index (χ2v) is 7.07. The molecular weight excluding hydrogens is 337 g/mol. The minimum atomic E-state index is -0.341. The summed E-state index contributed by atoms with van der Waals surface area (Å²) < 4.78 is 24.3. The normalized spacial score (nSPS) is 22.3. The van der Waals surface area contributed by atoms with Crippen LogP contribution in [0, 0.1) is 11.7 Å². The minimum Gasteiger partial charge on any atom is -0.496 e. The molecule has 0 radical (unpaired) electrons. The van der Waals surface area contributed by atoms with Crippen molar-refractivity contribution in [2.75, 3.05) is 53.0 Å². The van der Waals surface area contributed by atoms with Crippen LogP contribution in [0.3, 0.4) is 0 Å². The predicted molar refractivity (Wildman–Crippen MR) is 96.8 cm³/mol. The van der Waals surface area contributed by atoms with E-state index in [-0.39, 0.29) is 17.9 Å². The summed E-state index contributed by atoms with van der Waals surface area (Å²) in [7, 11) is 1.54. The topological polar surface area (TPSA) is 54.0 Å². The number of rotatable bonds is 5. The molecule has 2 amide bonds. The first-order chi connectivity index (χ1) is 12.6. The number of nitrogens with one attached hydrogen (secondary N) is 1. The van der Waals surface area contributed by atoms with Gasteiger partial charge in [0.05, 0.1) is 19.8 Å². The molecule has 2 aliphatic rings. The molecule has 144 valence electrons. The highest BCUT2D eigenvalue weighted by Crippen LogP contribution is 2.26. The Labute approximate surface area is 154 Å². The molecule has 1 aromatic rings. The van der Waals surface area contributed by atoms with Crippen LogP contribution >= 0.6 is 0 Å². The number of amides is 2. The van der Waals surface area contributed by atoms with Crippen molar-refractivity contribution < 1.29 is 18.7 Å². The SMILES string of the molecule is COc1ccc(F)cc1C(C)NC(=O)N1CCN(CC2CCOC2)CC1. The molecule has 0 aromatic heterocycles. The van der Waals surface area contributed by atoms with Crippen molar-refractivity contribution in [3.8, 4) is 5.75 Å². The Kier molecular flexibility index (Phi) is 6.32. The summed E-state index contributed by atoms with van der Waals surface area (Å²) in [5.41, 5.74) is 0.640. The van der Waals surface area contributed by atoms with Crippen LogP contribution in [0.1, 0.15) is 24.9 Å². The Morgan fingerprint density at radius 1 is 1.38 bits per heavy atom. The highest BCUT2D eigenvalue weighted by atomic mass is 19.1. The molecule has 2 unspecified atom stereocenters. The van der Waals surface area contributed by atoms with Gasteiger partial charge < -0.3 is 19.7 Å². The molecule has 2 fully saturated rings. The van der Waals surface area contributed by atoms with E-state index < -0.39 is 0 Å². The van der Waals surface area contributed by atoms with Crippen LogP contribution in [-0.2, 0) is 4.74 Å². The van der Waals surface area contributed by atoms with Crippen LogP contribution in [0.2, 0.25) is 0 Å². The highest BCUT2D eigenvalue weighted by Gasteiger charge is 2.26. The quantitative estimate of drug-likeness (QED) is 0.870. The Morgan fingerprint density at radius 3 is 2.81 bits per heavy atom. The van der Waals surface area contributed by atoms with Crippen molar-refractivity contribution in [3.05, 3.63) is 29.6 Å². The molecule has 2 saturated heterocycles. The van der Waals surface area contributed by atoms with Gasteiger partial charge in [-0.3, -0.25) is 4.90 Å². The lowest BCUT2D eigenvalue weighted by atomic mass is 10.1. The number of halogens is 1. The fraction of sp³-hybridized carbons (Fsp3) is 0.632. The maximum Gasteiger partial charge on any atom is 0.317 e. The zero-order chi connectivity index (χ0) is 18.5. The molecule has 0 bridgehead atoms. The number of carbonyl (C=O) groups excluding carboxylic acids is 1. The number of urea groups is 1. The van der Waals surface area contributed by atoms with Gasteiger partial charge in [-0.15, -0.1) is 0 Å². The first-order valence-electron chi connectivity index (χ1n) is 9.26. The Hall–Kier alpha value is -1.86. The largest absolute Gasteiger partial charge is 0.496 e. The zero-order valence-electron chi connectivity index (χ0n) is 15.5. The third-order valence-electron chi connectivity index (χ3n) is 5.20. The van der Waals surface area contributed by atoms with Gasteiger partial charge in [0.1, 0.15) is 11.6 Å². The first-order valence-corrected chi connectivity index (χ1v) is 9.26. The fourth-order valence-corrected chi connectivity index (χ4v) is 3.62. The van der Waals surface area contributed by atoms with E-state index in [1.165, 1.54) is 12.1 Å². The molecule has 0 saturated carbocycles. The number of carbonyl (C=O) groups is 1. The summed E-state index contributed by atoms with van der Waals surface area (Å²) in [4.78, 5) is 16.8. The third-order valence-corrected chi connectivity index (χ3v) is 5.20. The maximum atomic E-state index is 13.6. The van der Waals surface area contributed by atoms with Crippen molar-refractivity contribution in [2.45, 2.75) is 19.4 Å². The Morgan fingerprint density at radius 2 is 2.15 bits per heavy atom. The molecular formula is C19H28FN3O3. The van der Waals surface area contributed by atoms with Crippen LogP contribution in [0.25, 0.3) is 0 Å². The zero-order valence-corrected chi connectivity index (χ0v) is 15.5. The van der Waals surface area contributed by atoms with Crippen LogP contribution in [0.15, 0.2) is 18.2 Å². The predicted octanol–water partition coefficient (Wildman–Crippen LogP) is 2.26. The summed E-state index contributed by atoms with van der Waals surface area (Å²) in [6.45, 7) is 7.77. The lowest BCUT2D eigenvalue weighted by Crippen LogP contribution is -2.52. The monoisotopic (exact) mass is 365 g/mol. The number of methoxy groups -OCH3 is 1. The van der Waals surface area contributed by atoms with E-state index in [4.69, 9.17) is 9.47 Å². The molecule has 1 aromatic carbocycles. The van der Waals surface area contributed by atoms with Crippen molar-refractivity contribution >= 4 is 6.03 Å². The molecule has 2 aliphatic heterocycles. The molecule has 2 heterocycles. The molecule has 7 heteroatoms. The summed E-state index contributed by atoms with van der Waals surface area (Å²) >= 11 is 0. The molecule has 0 aliphatic carbocycles. The number of hydrogen-bond donors (Lipinski definition) is 1. The van der Waals surface area contributed by atoms with Crippen LogP contribution < -0.4 is 10.1 Å². The van der Waals surface area contributed by atoms with Gasteiger partial charge in [-0.25, -0.2) is 9.18 Å². The van der Waals surface area contributed by atoms with Gasteiger partial charge in [0.15, 0.2) is 0 Å². The van der Waals surface area contributed by atoms with E-state index in [1.807, 2.05) is 11.8 Å². The van der Waals surface area contributed by atoms with Crippen molar-refractivity contribution in [2.24, 2.45) is 5.92 Å². The summed E-state index contributed by atoms with van der Waals surface area (Å²) in [5, 5.41) is 2.96. The van der Waals surface area contributed by atoms with Gasteiger partial charge in [0, 0.05) is 44.9 Å². The van der Waals surface area contributed by atoms with Gasteiger partial charge in [-0.2, -0.15) is 0 Å². The highest BCUT2D eigenvalue weighted by molar-refractivity contribution is 5.75. The minimum absolute atomic E-state index is 0.118. The van der Waals surface area contributed by atoms with E-state index in [0.717, 1.165) is 39.3 Å². The number of ether oxygens (including phenoxy) is 2. The summed E-state index contributed by atoms with van der Waals surface area (Å²) in [6, 6.07) is 3.89. The number of nitrogens with zero attached hydrogens (tertiary/aromatic N) is 2. The van der Waals surface area contributed by atoms with Gasteiger partial charge in [0.2, 0.25) is 0 Å². The molecule has 3 rings (SSSR count). The van der Waals surface area contributed by atoms with E-state index in [2.05, 4.69) is 10.2 Å². The standard InChI is InChI=1S/C19H28FN3O3/c1-14(17-11-16(20)3-4-18(17)25-2)21-19(24)23-8-6-22(7-9-23)12-15-5-10-26-13-15/h3-4,11,14-15H,5-10,12-13H2,1-2H3,(H,21,24). The van der Waals surface area contributed by atoms with E-state index in [1.54, 1.807) is 13.2 Å². The summed E-state index contributed by atoms with van der Waals surface area (Å²) in [6.07, 6.45) is 1.13. The first kappa shape index (κ1) is 18.9. The number of hydrogen-bond acceptors (Lipinski definition) is 4. The van der Waals surface area contributed by atoms with Crippen LogP contribution in [0.5, 0.6) is 5.75 Å². The van der Waals surface area contributed by atoms with Gasteiger partial charge in [-0.05, 0) is 37.5 Å². The third kappa shape index (κ3) is 4.65. The van der Waals surface area contributed by atoms with Crippen molar-refractivity contribution in [3.63, 3.8) is 0 Å². The summed E-state index contributed by atoms with van der Waals surface area (Å²) in [5.74, 6) is 0.852. The molecule has 2 atom stereocenters. The Bertz CT molecular complexity index is 614.